The van der Waals surface area contributed by atoms with Crippen LogP contribution < -0.4 is 4.90 Å². The molecular formula is C22H33N7O2. The summed E-state index contributed by atoms with van der Waals surface area (Å²) in [5.74, 6) is 2.48. The maximum Gasteiger partial charge on any atom is 0.219 e. The van der Waals surface area contributed by atoms with Gasteiger partial charge in [0.05, 0.1) is 12.1 Å². The highest BCUT2D eigenvalue weighted by Crippen LogP contribution is 2.35. The van der Waals surface area contributed by atoms with E-state index in [1.807, 2.05) is 16.6 Å². The number of rotatable bonds is 5. The molecule has 168 valence electrons. The number of aliphatic hydroxyl groups is 1. The number of amides is 1. The summed E-state index contributed by atoms with van der Waals surface area (Å²) in [6, 6.07) is 4.38. The molecule has 2 aromatic heterocycles. The SMILES string of the molecule is CC(=O)N1CCCCC(O)(CN(C)C2CN(c3ccc4nnc(C5CCC5)n4n3)C2)C1. The highest BCUT2D eigenvalue weighted by molar-refractivity contribution is 5.73. The lowest BCUT2D eigenvalue weighted by Gasteiger charge is -2.47. The predicted molar refractivity (Wildman–Crippen MR) is 117 cm³/mol. The molecule has 1 saturated carbocycles. The zero-order valence-corrected chi connectivity index (χ0v) is 18.6. The molecule has 0 bridgehead atoms. The first-order chi connectivity index (χ1) is 14.9. The van der Waals surface area contributed by atoms with E-state index in [1.165, 1.54) is 19.3 Å². The number of carbonyl (C=O) groups excluding carboxylic acids is 1. The molecule has 9 heteroatoms. The minimum Gasteiger partial charge on any atom is -0.387 e. The third kappa shape index (κ3) is 4.01. The molecule has 0 spiro atoms. The first-order valence-corrected chi connectivity index (χ1v) is 11.6. The van der Waals surface area contributed by atoms with Crippen LogP contribution in [0, 0.1) is 0 Å². The van der Waals surface area contributed by atoms with Gasteiger partial charge in [-0.3, -0.25) is 9.69 Å². The van der Waals surface area contributed by atoms with E-state index in [0.29, 0.717) is 25.0 Å². The van der Waals surface area contributed by atoms with Crippen LogP contribution in [0.4, 0.5) is 5.82 Å². The van der Waals surface area contributed by atoms with Gasteiger partial charge in [0.25, 0.3) is 0 Å². The van der Waals surface area contributed by atoms with Crippen molar-refractivity contribution in [1.82, 2.24) is 29.6 Å². The number of aromatic nitrogens is 4. The predicted octanol–water partition coefficient (Wildman–Crippen LogP) is 1.28. The molecule has 1 amide bonds. The number of fused-ring (bicyclic) bond motifs is 1. The molecule has 1 aliphatic carbocycles. The largest absolute Gasteiger partial charge is 0.387 e. The third-order valence-electron chi connectivity index (χ3n) is 7.35. The maximum absolute atomic E-state index is 11.9. The number of hydrogen-bond donors (Lipinski definition) is 1. The van der Waals surface area contributed by atoms with Gasteiger partial charge in [-0.2, -0.15) is 4.52 Å². The fourth-order valence-electron chi connectivity index (χ4n) is 5.07. The number of likely N-dealkylation sites (tertiary alicyclic amines) is 1. The molecule has 1 unspecified atom stereocenters. The van der Waals surface area contributed by atoms with Gasteiger partial charge in [-0.25, -0.2) is 0 Å². The lowest BCUT2D eigenvalue weighted by atomic mass is 9.85. The number of likely N-dealkylation sites (N-methyl/N-ethyl adjacent to an activating group) is 1. The van der Waals surface area contributed by atoms with Crippen LogP contribution in [-0.4, -0.2) is 92.0 Å². The van der Waals surface area contributed by atoms with Crippen molar-refractivity contribution in [1.29, 1.82) is 0 Å². The molecule has 0 radical (unpaired) electrons. The van der Waals surface area contributed by atoms with Crippen LogP contribution in [0.15, 0.2) is 12.1 Å². The zero-order valence-electron chi connectivity index (χ0n) is 18.6. The van der Waals surface area contributed by atoms with E-state index in [2.05, 4.69) is 27.0 Å². The Labute approximate surface area is 183 Å². The summed E-state index contributed by atoms with van der Waals surface area (Å²) < 4.78 is 1.92. The second kappa shape index (κ2) is 8.02. The molecule has 5 rings (SSSR count). The van der Waals surface area contributed by atoms with Gasteiger partial charge in [0.2, 0.25) is 5.91 Å². The summed E-state index contributed by atoms with van der Waals surface area (Å²) in [6.07, 6.45) is 6.27. The van der Waals surface area contributed by atoms with E-state index in [0.717, 1.165) is 56.2 Å². The smallest absolute Gasteiger partial charge is 0.219 e. The Kier molecular flexibility index (Phi) is 5.34. The van der Waals surface area contributed by atoms with Crippen molar-refractivity contribution >= 4 is 17.4 Å². The van der Waals surface area contributed by atoms with E-state index in [4.69, 9.17) is 5.10 Å². The molecule has 4 heterocycles. The van der Waals surface area contributed by atoms with Gasteiger partial charge < -0.3 is 14.9 Å². The average molecular weight is 428 g/mol. The van der Waals surface area contributed by atoms with Crippen molar-refractivity contribution in [3.05, 3.63) is 18.0 Å². The van der Waals surface area contributed by atoms with Gasteiger partial charge >= 0.3 is 0 Å². The summed E-state index contributed by atoms with van der Waals surface area (Å²) in [7, 11) is 2.08. The fraction of sp³-hybridized carbons (Fsp3) is 0.727. The van der Waals surface area contributed by atoms with Crippen molar-refractivity contribution in [3.8, 4) is 0 Å². The minimum absolute atomic E-state index is 0.0505. The Hall–Kier alpha value is -2.26. The quantitative estimate of drug-likeness (QED) is 0.769. The second-order valence-corrected chi connectivity index (χ2v) is 9.74. The van der Waals surface area contributed by atoms with Crippen LogP contribution in [-0.2, 0) is 4.79 Å². The van der Waals surface area contributed by atoms with Gasteiger partial charge in [-0.15, -0.1) is 15.3 Å². The topological polar surface area (TPSA) is 90.1 Å². The van der Waals surface area contributed by atoms with Crippen molar-refractivity contribution in [2.45, 2.75) is 63.0 Å². The van der Waals surface area contributed by atoms with E-state index < -0.39 is 5.60 Å². The van der Waals surface area contributed by atoms with Crippen LogP contribution in [0.25, 0.3) is 5.65 Å². The monoisotopic (exact) mass is 427 g/mol. The van der Waals surface area contributed by atoms with Crippen LogP contribution in [0.1, 0.15) is 57.2 Å². The van der Waals surface area contributed by atoms with Crippen molar-refractivity contribution in [3.63, 3.8) is 0 Å². The van der Waals surface area contributed by atoms with Crippen molar-refractivity contribution in [2.24, 2.45) is 0 Å². The minimum atomic E-state index is -0.839. The summed E-state index contributed by atoms with van der Waals surface area (Å²) >= 11 is 0. The second-order valence-electron chi connectivity index (χ2n) is 9.74. The summed E-state index contributed by atoms with van der Waals surface area (Å²) in [5, 5.41) is 24.7. The van der Waals surface area contributed by atoms with Crippen LogP contribution >= 0.6 is 0 Å². The van der Waals surface area contributed by atoms with Gasteiger partial charge in [-0.05, 0) is 51.3 Å². The molecule has 31 heavy (non-hydrogen) atoms. The summed E-state index contributed by atoms with van der Waals surface area (Å²) in [4.78, 5) is 18.2. The van der Waals surface area contributed by atoms with Crippen LogP contribution in [0.5, 0.6) is 0 Å². The zero-order chi connectivity index (χ0) is 21.6. The number of β-amino-alcohol motifs (C(OH)–C–C–N with tert-alkyl or cyclic N) is 1. The summed E-state index contributed by atoms with van der Waals surface area (Å²) in [6.45, 7) is 5.11. The molecule has 0 aromatic carbocycles. The fourth-order valence-corrected chi connectivity index (χ4v) is 5.07. The Morgan fingerprint density at radius 1 is 1.23 bits per heavy atom. The Morgan fingerprint density at radius 3 is 2.74 bits per heavy atom. The molecule has 3 aliphatic rings. The normalized spacial score (nSPS) is 25.5. The molecule has 1 atom stereocenters. The Morgan fingerprint density at radius 2 is 2.03 bits per heavy atom. The highest BCUT2D eigenvalue weighted by atomic mass is 16.3. The lowest BCUT2D eigenvalue weighted by molar-refractivity contribution is -0.132. The molecule has 3 fully saturated rings. The van der Waals surface area contributed by atoms with E-state index in [9.17, 15) is 9.90 Å². The average Bonchev–Trinajstić information content (AvgIpc) is 2.93. The highest BCUT2D eigenvalue weighted by Gasteiger charge is 2.38. The number of carbonyl (C=O) groups is 1. The van der Waals surface area contributed by atoms with Crippen LogP contribution in [0.2, 0.25) is 0 Å². The maximum atomic E-state index is 11.9. The van der Waals surface area contributed by atoms with Crippen LogP contribution in [0.3, 0.4) is 0 Å². The van der Waals surface area contributed by atoms with Gasteiger partial charge in [0, 0.05) is 45.1 Å². The number of hydrogen-bond acceptors (Lipinski definition) is 7. The Balaban J connectivity index is 1.21. The molecular weight excluding hydrogens is 394 g/mol. The van der Waals surface area contributed by atoms with Gasteiger partial charge in [-0.1, -0.05) is 6.42 Å². The molecule has 2 aromatic rings. The number of nitrogens with zero attached hydrogens (tertiary/aromatic N) is 7. The van der Waals surface area contributed by atoms with Crippen molar-refractivity contribution < 1.29 is 9.90 Å². The van der Waals surface area contributed by atoms with E-state index in [-0.39, 0.29) is 5.91 Å². The standard InChI is InChI=1S/C22H33N7O2/c1-16(30)27-11-4-3-10-22(31,15-27)14-26(2)18-12-28(13-18)20-9-8-19-23-24-21(29(19)25-20)17-6-5-7-17/h8-9,17-18,31H,3-7,10-15H2,1-2H3. The number of anilines is 1. The van der Waals surface area contributed by atoms with Gasteiger partial charge in [0.15, 0.2) is 11.5 Å². The lowest BCUT2D eigenvalue weighted by Crippen LogP contribution is -2.62. The van der Waals surface area contributed by atoms with Crippen molar-refractivity contribution in [2.75, 3.05) is 44.7 Å². The van der Waals surface area contributed by atoms with Gasteiger partial charge in [0.1, 0.15) is 5.82 Å². The first kappa shape index (κ1) is 20.6. The molecule has 1 N–H and O–H groups in total. The molecule has 2 aliphatic heterocycles. The Bertz CT molecular complexity index is 952. The van der Waals surface area contributed by atoms with E-state index >= 15 is 0 Å². The summed E-state index contributed by atoms with van der Waals surface area (Å²) in [5.41, 5.74) is -0.0280. The van der Waals surface area contributed by atoms with E-state index in [1.54, 1.807) is 11.8 Å². The molecule has 2 saturated heterocycles. The third-order valence-corrected chi connectivity index (χ3v) is 7.35. The first-order valence-electron chi connectivity index (χ1n) is 11.6. The molecule has 9 nitrogen and oxygen atoms in total.